The van der Waals surface area contributed by atoms with E-state index in [1.807, 2.05) is 7.05 Å². The molecule has 19 heavy (non-hydrogen) atoms. The highest BCUT2D eigenvalue weighted by atomic mass is 127. The summed E-state index contributed by atoms with van der Waals surface area (Å²) in [6.07, 6.45) is 4.18. The Kier molecular flexibility index (Phi) is 6.46. The molecule has 0 fully saturated rings. The summed E-state index contributed by atoms with van der Waals surface area (Å²) in [5.74, 6) is 2.14. The van der Waals surface area contributed by atoms with Crippen LogP contribution in [-0.4, -0.2) is 32.6 Å². The van der Waals surface area contributed by atoms with E-state index in [1.54, 1.807) is 26.0 Å². The molecule has 0 spiro atoms. The lowest BCUT2D eigenvalue weighted by Gasteiger charge is -2.09. The summed E-state index contributed by atoms with van der Waals surface area (Å²) in [5.41, 5.74) is 2.71. The minimum atomic E-state index is 0. The highest BCUT2D eigenvalue weighted by Crippen LogP contribution is 2.37. The molecule has 106 valence electrons. The summed E-state index contributed by atoms with van der Waals surface area (Å²) in [5, 5.41) is 1.23. The number of halogens is 1. The molecule has 5 heteroatoms. The Morgan fingerprint density at radius 1 is 1.16 bits per heavy atom. The molecular weight excluding hydrogens is 373 g/mol. The van der Waals surface area contributed by atoms with E-state index >= 15 is 0 Å². The van der Waals surface area contributed by atoms with Crippen LogP contribution in [0.4, 0.5) is 0 Å². The molecular formula is C14H20INO2S. The average molecular weight is 393 g/mol. The highest BCUT2D eigenvalue weighted by molar-refractivity contribution is 14.0. The Morgan fingerprint density at radius 2 is 1.63 bits per heavy atom. The number of fused-ring (bicyclic) bond motifs is 1. The second-order valence-electron chi connectivity index (χ2n) is 4.35. The molecule has 0 saturated heterocycles. The van der Waals surface area contributed by atoms with Crippen molar-refractivity contribution in [2.75, 3.05) is 27.5 Å². The first-order chi connectivity index (χ1) is 8.73. The SMILES string of the molecule is CN=C(SC)C1Cc2cc(OC)c(OC)cc2C1.I. The van der Waals surface area contributed by atoms with E-state index in [9.17, 15) is 0 Å². The number of ether oxygens (including phenoxy) is 2. The molecule has 2 rings (SSSR count). The van der Waals surface area contributed by atoms with Crippen LogP contribution in [0.25, 0.3) is 0 Å². The number of nitrogens with zero attached hydrogens (tertiary/aromatic N) is 1. The van der Waals surface area contributed by atoms with E-state index in [4.69, 9.17) is 9.47 Å². The topological polar surface area (TPSA) is 30.8 Å². The van der Waals surface area contributed by atoms with Crippen molar-refractivity contribution in [3.8, 4) is 11.5 Å². The zero-order valence-corrected chi connectivity index (χ0v) is 14.9. The van der Waals surface area contributed by atoms with Crippen molar-refractivity contribution in [3.63, 3.8) is 0 Å². The number of benzene rings is 1. The summed E-state index contributed by atoms with van der Waals surface area (Å²) >= 11 is 1.75. The minimum Gasteiger partial charge on any atom is -0.493 e. The molecule has 0 aromatic heterocycles. The maximum absolute atomic E-state index is 5.35. The molecule has 1 aliphatic carbocycles. The first-order valence-corrected chi connectivity index (χ1v) is 7.20. The van der Waals surface area contributed by atoms with Gasteiger partial charge in [0.15, 0.2) is 11.5 Å². The van der Waals surface area contributed by atoms with Gasteiger partial charge in [-0.1, -0.05) is 0 Å². The third-order valence-electron chi connectivity index (χ3n) is 3.42. The monoisotopic (exact) mass is 393 g/mol. The van der Waals surface area contributed by atoms with Crippen molar-refractivity contribution >= 4 is 40.8 Å². The van der Waals surface area contributed by atoms with E-state index in [0.717, 1.165) is 24.3 Å². The molecule has 1 aliphatic rings. The molecule has 0 amide bonds. The van der Waals surface area contributed by atoms with Crippen LogP contribution < -0.4 is 9.47 Å². The van der Waals surface area contributed by atoms with E-state index in [0.29, 0.717) is 5.92 Å². The molecule has 0 heterocycles. The Morgan fingerprint density at radius 3 is 1.95 bits per heavy atom. The first-order valence-electron chi connectivity index (χ1n) is 5.97. The highest BCUT2D eigenvalue weighted by Gasteiger charge is 2.26. The Hall–Kier alpha value is -0.430. The molecule has 1 aromatic rings. The predicted octanol–water partition coefficient (Wildman–Crippen LogP) is 3.43. The normalized spacial score (nSPS) is 14.8. The summed E-state index contributed by atoms with van der Waals surface area (Å²) in [7, 11) is 5.23. The fourth-order valence-corrected chi connectivity index (χ4v) is 3.24. The number of hydrogen-bond acceptors (Lipinski definition) is 4. The van der Waals surface area contributed by atoms with Crippen LogP contribution in [0, 0.1) is 5.92 Å². The molecule has 0 unspecified atom stereocenters. The lowest BCUT2D eigenvalue weighted by Crippen LogP contribution is -2.10. The summed E-state index contributed by atoms with van der Waals surface area (Å²) < 4.78 is 10.7. The predicted molar refractivity (Wildman–Crippen MR) is 92.7 cm³/mol. The summed E-state index contributed by atoms with van der Waals surface area (Å²) in [6, 6.07) is 4.20. The minimum absolute atomic E-state index is 0. The van der Waals surface area contributed by atoms with Crippen molar-refractivity contribution < 1.29 is 9.47 Å². The van der Waals surface area contributed by atoms with Crippen LogP contribution in [0.2, 0.25) is 0 Å². The van der Waals surface area contributed by atoms with Crippen LogP contribution in [0.3, 0.4) is 0 Å². The lowest BCUT2D eigenvalue weighted by molar-refractivity contribution is 0.354. The van der Waals surface area contributed by atoms with Gasteiger partial charge in [0.05, 0.1) is 19.3 Å². The van der Waals surface area contributed by atoms with E-state index < -0.39 is 0 Å². The van der Waals surface area contributed by atoms with Crippen LogP contribution in [0.1, 0.15) is 11.1 Å². The number of aliphatic imine (C=N–C) groups is 1. The number of hydrogen-bond donors (Lipinski definition) is 0. The smallest absolute Gasteiger partial charge is 0.161 e. The van der Waals surface area contributed by atoms with Gasteiger partial charge in [0.25, 0.3) is 0 Å². The van der Waals surface area contributed by atoms with Gasteiger partial charge in [-0.25, -0.2) is 0 Å². The number of methoxy groups -OCH3 is 2. The fraction of sp³-hybridized carbons (Fsp3) is 0.500. The zero-order chi connectivity index (χ0) is 13.1. The van der Waals surface area contributed by atoms with Crippen molar-refractivity contribution in [2.45, 2.75) is 12.8 Å². The molecule has 3 nitrogen and oxygen atoms in total. The Labute approximate surface area is 136 Å². The van der Waals surface area contributed by atoms with Crippen molar-refractivity contribution in [3.05, 3.63) is 23.3 Å². The van der Waals surface area contributed by atoms with Gasteiger partial charge in [0.1, 0.15) is 0 Å². The molecule has 0 bridgehead atoms. The van der Waals surface area contributed by atoms with Crippen LogP contribution in [0.5, 0.6) is 11.5 Å². The summed E-state index contributed by atoms with van der Waals surface area (Å²) in [4.78, 5) is 4.37. The number of rotatable bonds is 3. The fourth-order valence-electron chi connectivity index (χ4n) is 2.56. The average Bonchev–Trinajstić information content (AvgIpc) is 2.80. The maximum Gasteiger partial charge on any atom is 0.161 e. The third kappa shape index (κ3) is 3.37. The molecule has 1 aromatic carbocycles. The van der Waals surface area contributed by atoms with Gasteiger partial charge >= 0.3 is 0 Å². The van der Waals surface area contributed by atoms with Crippen molar-refractivity contribution in [2.24, 2.45) is 10.9 Å². The van der Waals surface area contributed by atoms with Gasteiger partial charge in [-0.3, -0.25) is 4.99 Å². The third-order valence-corrected chi connectivity index (χ3v) is 4.35. The molecule has 0 aliphatic heterocycles. The second-order valence-corrected chi connectivity index (χ2v) is 5.17. The second kappa shape index (κ2) is 7.38. The zero-order valence-electron chi connectivity index (χ0n) is 11.7. The van der Waals surface area contributed by atoms with Gasteiger partial charge in [0.2, 0.25) is 0 Å². The Balaban J connectivity index is 0.00000180. The van der Waals surface area contributed by atoms with E-state index in [-0.39, 0.29) is 24.0 Å². The van der Waals surface area contributed by atoms with Crippen molar-refractivity contribution in [1.82, 2.24) is 0 Å². The molecule has 0 N–H and O–H groups in total. The van der Waals surface area contributed by atoms with Gasteiger partial charge in [0, 0.05) is 13.0 Å². The number of thioether (sulfide) groups is 1. The maximum atomic E-state index is 5.35. The lowest BCUT2D eigenvalue weighted by atomic mass is 10.1. The first kappa shape index (κ1) is 16.6. The van der Waals surface area contributed by atoms with Gasteiger partial charge in [-0.2, -0.15) is 0 Å². The van der Waals surface area contributed by atoms with E-state index in [1.165, 1.54) is 16.2 Å². The largest absolute Gasteiger partial charge is 0.493 e. The molecule has 0 saturated carbocycles. The standard InChI is InChI=1S/C14H19NO2S.HI/c1-15-14(18-4)11-5-9-7-12(16-2)13(17-3)8-10(9)6-11;/h7-8,11H,5-6H2,1-4H3;1H. The van der Waals surface area contributed by atoms with Crippen molar-refractivity contribution in [1.29, 1.82) is 0 Å². The quantitative estimate of drug-likeness (QED) is 0.448. The van der Waals surface area contributed by atoms with Crippen LogP contribution >= 0.6 is 35.7 Å². The van der Waals surface area contributed by atoms with Crippen LogP contribution in [-0.2, 0) is 12.8 Å². The molecule has 0 radical (unpaired) electrons. The molecule has 0 atom stereocenters. The Bertz CT molecular complexity index is 444. The van der Waals surface area contributed by atoms with Crippen LogP contribution in [0.15, 0.2) is 17.1 Å². The summed E-state index contributed by atoms with van der Waals surface area (Å²) in [6.45, 7) is 0. The van der Waals surface area contributed by atoms with Gasteiger partial charge in [-0.05, 0) is 42.4 Å². The van der Waals surface area contributed by atoms with E-state index in [2.05, 4.69) is 23.4 Å². The van der Waals surface area contributed by atoms with Gasteiger partial charge < -0.3 is 9.47 Å². The van der Waals surface area contributed by atoms with Gasteiger partial charge in [-0.15, -0.1) is 35.7 Å².